The first-order chi connectivity index (χ1) is 9.72. The van der Waals surface area contributed by atoms with Gasteiger partial charge in [0.15, 0.2) is 5.15 Å². The highest BCUT2D eigenvalue weighted by molar-refractivity contribution is 7.93. The predicted molar refractivity (Wildman–Crippen MR) is 85.1 cm³/mol. The van der Waals surface area contributed by atoms with Crippen molar-refractivity contribution in [2.75, 3.05) is 10.5 Å². The quantitative estimate of drug-likeness (QED) is 0.671. The Balaban J connectivity index is 2.54. The van der Waals surface area contributed by atoms with E-state index in [1.807, 2.05) is 0 Å². The van der Waals surface area contributed by atoms with Crippen LogP contribution in [0, 0.1) is 20.8 Å². The number of sulfonamides is 1. The summed E-state index contributed by atoms with van der Waals surface area (Å²) >= 11 is 5.93. The summed E-state index contributed by atoms with van der Waals surface area (Å²) in [6.45, 7) is 5.25. The van der Waals surface area contributed by atoms with Gasteiger partial charge in [-0.3, -0.25) is 4.72 Å². The number of anilines is 2. The number of nitrogen functional groups attached to an aromatic ring is 1. The standard InChI is InChI=1S/C14H16ClN3O2S/c1-8-6-11(14(15)17-7-8)18-21(19,20)13-10(3)5-4-9(2)12(13)16/h4-7,18H,16H2,1-3H3. The summed E-state index contributed by atoms with van der Waals surface area (Å²) in [5.41, 5.74) is 8.46. The Morgan fingerprint density at radius 1 is 1.19 bits per heavy atom. The molecule has 0 spiro atoms. The summed E-state index contributed by atoms with van der Waals surface area (Å²) in [7, 11) is -3.84. The molecule has 0 bridgehead atoms. The minimum Gasteiger partial charge on any atom is -0.397 e. The van der Waals surface area contributed by atoms with Crippen molar-refractivity contribution in [2.24, 2.45) is 0 Å². The third-order valence-electron chi connectivity index (χ3n) is 3.10. The number of hydrogen-bond acceptors (Lipinski definition) is 4. The summed E-state index contributed by atoms with van der Waals surface area (Å²) < 4.78 is 27.6. The van der Waals surface area contributed by atoms with Gasteiger partial charge < -0.3 is 5.73 Å². The SMILES string of the molecule is Cc1cnc(Cl)c(NS(=O)(=O)c2c(C)ccc(C)c2N)c1. The molecule has 2 rings (SSSR count). The Labute approximate surface area is 129 Å². The monoisotopic (exact) mass is 325 g/mol. The van der Waals surface area contributed by atoms with Gasteiger partial charge >= 0.3 is 0 Å². The number of aryl methyl sites for hydroxylation is 3. The van der Waals surface area contributed by atoms with Crippen LogP contribution in [0.4, 0.5) is 11.4 Å². The van der Waals surface area contributed by atoms with Gasteiger partial charge in [0.2, 0.25) is 0 Å². The molecule has 0 aliphatic carbocycles. The number of benzene rings is 1. The van der Waals surface area contributed by atoms with Crippen molar-refractivity contribution in [1.29, 1.82) is 0 Å². The number of nitrogens with zero attached hydrogens (tertiary/aromatic N) is 1. The normalized spacial score (nSPS) is 11.4. The zero-order chi connectivity index (χ0) is 15.8. The van der Waals surface area contributed by atoms with E-state index >= 15 is 0 Å². The van der Waals surface area contributed by atoms with Gasteiger partial charge in [0, 0.05) is 6.20 Å². The molecule has 5 nitrogen and oxygen atoms in total. The molecule has 0 amide bonds. The average Bonchev–Trinajstić information content (AvgIpc) is 2.38. The first-order valence-electron chi connectivity index (χ1n) is 6.23. The number of rotatable bonds is 3. The van der Waals surface area contributed by atoms with Crippen LogP contribution in [0.1, 0.15) is 16.7 Å². The van der Waals surface area contributed by atoms with Crippen LogP contribution in [0.3, 0.4) is 0 Å². The Kier molecular flexibility index (Phi) is 4.11. The fourth-order valence-corrected chi connectivity index (χ4v) is 3.68. The summed E-state index contributed by atoms with van der Waals surface area (Å²) in [6.07, 6.45) is 1.56. The van der Waals surface area contributed by atoms with Crippen molar-refractivity contribution < 1.29 is 8.42 Å². The van der Waals surface area contributed by atoms with Gasteiger partial charge in [-0.2, -0.15) is 0 Å². The highest BCUT2D eigenvalue weighted by Gasteiger charge is 2.22. The minimum absolute atomic E-state index is 0.0695. The molecule has 1 aromatic heterocycles. The number of pyridine rings is 1. The molecule has 2 aromatic rings. The van der Waals surface area contributed by atoms with E-state index in [-0.39, 0.29) is 21.4 Å². The molecule has 0 atom stereocenters. The van der Waals surface area contributed by atoms with Crippen molar-refractivity contribution in [3.05, 3.63) is 46.2 Å². The highest BCUT2D eigenvalue weighted by atomic mass is 35.5. The molecule has 21 heavy (non-hydrogen) atoms. The van der Waals surface area contributed by atoms with Gasteiger partial charge in [0.25, 0.3) is 10.0 Å². The van der Waals surface area contributed by atoms with Crippen molar-refractivity contribution in [2.45, 2.75) is 25.7 Å². The Morgan fingerprint density at radius 3 is 2.48 bits per heavy atom. The molecule has 0 saturated heterocycles. The molecule has 0 aliphatic rings. The lowest BCUT2D eigenvalue weighted by atomic mass is 10.1. The minimum atomic E-state index is -3.84. The van der Waals surface area contributed by atoms with E-state index < -0.39 is 10.0 Å². The molecular weight excluding hydrogens is 310 g/mol. The first-order valence-corrected chi connectivity index (χ1v) is 8.09. The van der Waals surface area contributed by atoms with E-state index in [4.69, 9.17) is 17.3 Å². The summed E-state index contributed by atoms with van der Waals surface area (Å²) in [4.78, 5) is 4.00. The largest absolute Gasteiger partial charge is 0.397 e. The number of hydrogen-bond donors (Lipinski definition) is 2. The zero-order valence-corrected chi connectivity index (χ0v) is 13.5. The summed E-state index contributed by atoms with van der Waals surface area (Å²) in [5, 5.41) is 0.0908. The molecule has 0 saturated carbocycles. The van der Waals surface area contributed by atoms with Crippen molar-refractivity contribution in [3.8, 4) is 0 Å². The third kappa shape index (κ3) is 3.11. The average molecular weight is 326 g/mol. The third-order valence-corrected chi connectivity index (χ3v) is 4.97. The second kappa shape index (κ2) is 5.54. The van der Waals surface area contributed by atoms with Crippen molar-refractivity contribution in [3.63, 3.8) is 0 Å². The van der Waals surface area contributed by atoms with Crippen LogP contribution < -0.4 is 10.5 Å². The Bertz CT molecular complexity index is 804. The van der Waals surface area contributed by atoms with Crippen LogP contribution in [0.25, 0.3) is 0 Å². The number of nitrogens with one attached hydrogen (secondary N) is 1. The molecule has 1 aromatic carbocycles. The van der Waals surface area contributed by atoms with Crippen LogP contribution in [-0.4, -0.2) is 13.4 Å². The predicted octanol–water partition coefficient (Wildman–Crippen LogP) is 3.04. The Hall–Kier alpha value is -1.79. The van der Waals surface area contributed by atoms with E-state index in [2.05, 4.69) is 9.71 Å². The fourth-order valence-electron chi connectivity index (χ4n) is 1.98. The van der Waals surface area contributed by atoms with Crippen LogP contribution in [0.15, 0.2) is 29.3 Å². The Morgan fingerprint density at radius 2 is 1.81 bits per heavy atom. The van der Waals surface area contributed by atoms with Gasteiger partial charge in [-0.1, -0.05) is 23.7 Å². The molecule has 0 fully saturated rings. The fraction of sp³-hybridized carbons (Fsp3) is 0.214. The highest BCUT2D eigenvalue weighted by Crippen LogP contribution is 2.29. The van der Waals surface area contributed by atoms with E-state index in [1.54, 1.807) is 45.2 Å². The van der Waals surface area contributed by atoms with Gasteiger partial charge in [-0.05, 0) is 43.5 Å². The first kappa shape index (κ1) is 15.6. The molecular formula is C14H16ClN3O2S. The number of aromatic nitrogens is 1. The summed E-state index contributed by atoms with van der Waals surface area (Å²) in [5.74, 6) is 0. The van der Waals surface area contributed by atoms with Crippen LogP contribution in [0.2, 0.25) is 5.15 Å². The van der Waals surface area contributed by atoms with E-state index in [1.165, 1.54) is 0 Å². The zero-order valence-electron chi connectivity index (χ0n) is 11.9. The molecule has 0 aliphatic heterocycles. The lowest BCUT2D eigenvalue weighted by Gasteiger charge is -2.15. The van der Waals surface area contributed by atoms with Gasteiger partial charge in [0.05, 0.1) is 11.4 Å². The molecule has 1 heterocycles. The van der Waals surface area contributed by atoms with E-state index in [0.717, 1.165) is 5.56 Å². The van der Waals surface area contributed by atoms with Crippen LogP contribution >= 0.6 is 11.6 Å². The van der Waals surface area contributed by atoms with Gasteiger partial charge in [0.1, 0.15) is 4.90 Å². The number of halogens is 1. The number of nitrogens with two attached hydrogens (primary N) is 1. The van der Waals surface area contributed by atoms with Gasteiger partial charge in [-0.15, -0.1) is 0 Å². The van der Waals surface area contributed by atoms with Gasteiger partial charge in [-0.25, -0.2) is 13.4 Å². The van der Waals surface area contributed by atoms with Crippen LogP contribution in [0.5, 0.6) is 0 Å². The maximum Gasteiger partial charge on any atom is 0.264 e. The lowest BCUT2D eigenvalue weighted by molar-refractivity contribution is 0.601. The van der Waals surface area contributed by atoms with Crippen molar-refractivity contribution in [1.82, 2.24) is 4.98 Å². The molecule has 0 unspecified atom stereocenters. The van der Waals surface area contributed by atoms with E-state index in [9.17, 15) is 8.42 Å². The molecule has 0 radical (unpaired) electrons. The lowest BCUT2D eigenvalue weighted by Crippen LogP contribution is -2.17. The topological polar surface area (TPSA) is 85.1 Å². The molecule has 3 N–H and O–H groups in total. The summed E-state index contributed by atoms with van der Waals surface area (Å²) in [6, 6.07) is 5.12. The maximum absolute atomic E-state index is 12.6. The second-order valence-corrected chi connectivity index (χ2v) is 6.88. The smallest absolute Gasteiger partial charge is 0.264 e. The van der Waals surface area contributed by atoms with E-state index in [0.29, 0.717) is 11.1 Å². The molecule has 7 heteroatoms. The molecule has 112 valence electrons. The van der Waals surface area contributed by atoms with Crippen molar-refractivity contribution >= 4 is 33.0 Å². The second-order valence-electron chi connectivity index (χ2n) is 4.90. The maximum atomic E-state index is 12.6. The van der Waals surface area contributed by atoms with Crippen LogP contribution in [-0.2, 0) is 10.0 Å².